The van der Waals surface area contributed by atoms with E-state index in [4.69, 9.17) is 4.74 Å². The highest BCUT2D eigenvalue weighted by atomic mass is 32.2. The molecule has 0 unspecified atom stereocenters. The van der Waals surface area contributed by atoms with Gasteiger partial charge < -0.3 is 9.64 Å². The molecule has 0 aliphatic carbocycles. The summed E-state index contributed by atoms with van der Waals surface area (Å²) in [4.78, 5) is 14.4. The predicted molar refractivity (Wildman–Crippen MR) is 94.8 cm³/mol. The molecule has 0 spiro atoms. The first-order valence-electron chi connectivity index (χ1n) is 8.76. The van der Waals surface area contributed by atoms with Crippen molar-refractivity contribution in [3.63, 3.8) is 0 Å². The van der Waals surface area contributed by atoms with Crippen molar-refractivity contribution in [2.45, 2.75) is 49.6 Å². The van der Waals surface area contributed by atoms with Gasteiger partial charge in [-0.3, -0.25) is 4.79 Å². The molecule has 1 amide bonds. The van der Waals surface area contributed by atoms with E-state index >= 15 is 0 Å². The van der Waals surface area contributed by atoms with Gasteiger partial charge in [0.2, 0.25) is 15.9 Å². The topological polar surface area (TPSA) is 66.9 Å². The number of hydrogen-bond donors (Lipinski definition) is 0. The minimum Gasteiger partial charge on any atom is -0.383 e. The van der Waals surface area contributed by atoms with E-state index in [-0.39, 0.29) is 24.4 Å². The molecule has 3 rings (SSSR count). The summed E-state index contributed by atoms with van der Waals surface area (Å²) in [5.41, 5.74) is 1.11. The highest BCUT2D eigenvalue weighted by Crippen LogP contribution is 2.36. The molecular formula is C18H26N2O4S. The van der Waals surface area contributed by atoms with Gasteiger partial charge >= 0.3 is 0 Å². The lowest BCUT2D eigenvalue weighted by Crippen LogP contribution is -2.40. The molecule has 0 radical (unpaired) electrons. The number of hydrogen-bond acceptors (Lipinski definition) is 4. The summed E-state index contributed by atoms with van der Waals surface area (Å²) in [5.74, 6) is 0.372. The van der Waals surface area contributed by atoms with Crippen LogP contribution < -0.4 is 0 Å². The highest BCUT2D eigenvalue weighted by Gasteiger charge is 2.50. The summed E-state index contributed by atoms with van der Waals surface area (Å²) in [6.07, 6.45) is 0.946. The standard InChI is InChI=1S/C18H26N2O4S/c1-13(2)14-4-6-15(7-5-14)25(22,23)20-9-8-16-17(20)12-18(21)19(16)10-11-24-3/h4-7,13,16-17H,8-12H2,1-3H3/t16-,17+/m0/s1. The van der Waals surface area contributed by atoms with E-state index in [1.54, 1.807) is 24.1 Å². The normalized spacial score (nSPS) is 24.3. The average molecular weight is 366 g/mol. The maximum absolute atomic E-state index is 13.1. The lowest BCUT2D eigenvalue weighted by atomic mass is 10.0. The van der Waals surface area contributed by atoms with Crippen LogP contribution in [0.2, 0.25) is 0 Å². The van der Waals surface area contributed by atoms with Crippen molar-refractivity contribution in [3.05, 3.63) is 29.8 Å². The average Bonchev–Trinajstić information content (AvgIpc) is 3.11. The number of amides is 1. The second kappa shape index (κ2) is 7.05. The number of carbonyl (C=O) groups is 1. The highest BCUT2D eigenvalue weighted by molar-refractivity contribution is 7.89. The van der Waals surface area contributed by atoms with Gasteiger partial charge in [0.05, 0.1) is 23.6 Å². The van der Waals surface area contributed by atoms with Gasteiger partial charge in [0.15, 0.2) is 0 Å². The first-order chi connectivity index (χ1) is 11.9. The molecule has 2 atom stereocenters. The Hall–Kier alpha value is -1.44. The summed E-state index contributed by atoms with van der Waals surface area (Å²) in [7, 11) is -1.98. The Labute approximate surface area is 149 Å². The van der Waals surface area contributed by atoms with Crippen LogP contribution in [0, 0.1) is 0 Å². The van der Waals surface area contributed by atoms with Gasteiger partial charge in [-0.1, -0.05) is 26.0 Å². The molecule has 0 saturated carbocycles. The van der Waals surface area contributed by atoms with Crippen LogP contribution in [0.15, 0.2) is 29.2 Å². The third-order valence-corrected chi connectivity index (χ3v) is 7.19. The monoisotopic (exact) mass is 366 g/mol. The number of sulfonamides is 1. The van der Waals surface area contributed by atoms with E-state index in [1.165, 1.54) is 4.31 Å². The summed E-state index contributed by atoms with van der Waals surface area (Å²) < 4.78 is 32.7. The molecule has 2 heterocycles. The van der Waals surface area contributed by atoms with Gasteiger partial charge in [-0.25, -0.2) is 8.42 Å². The predicted octanol–water partition coefficient (Wildman–Crippen LogP) is 1.82. The molecule has 25 heavy (non-hydrogen) atoms. The van der Waals surface area contributed by atoms with Crippen molar-refractivity contribution in [2.24, 2.45) is 0 Å². The lowest BCUT2D eigenvalue weighted by molar-refractivity contribution is -0.129. The van der Waals surface area contributed by atoms with Crippen molar-refractivity contribution in [1.82, 2.24) is 9.21 Å². The number of likely N-dealkylation sites (tertiary alicyclic amines) is 1. The van der Waals surface area contributed by atoms with E-state index in [0.29, 0.717) is 36.9 Å². The number of rotatable bonds is 6. The molecule has 0 bridgehead atoms. The summed E-state index contributed by atoms with van der Waals surface area (Å²) in [5, 5.41) is 0. The molecule has 138 valence electrons. The molecular weight excluding hydrogens is 340 g/mol. The second-order valence-electron chi connectivity index (χ2n) is 7.05. The number of ether oxygens (including phenoxy) is 1. The van der Waals surface area contributed by atoms with Crippen LogP contribution in [0.4, 0.5) is 0 Å². The molecule has 2 aliphatic heterocycles. The van der Waals surface area contributed by atoms with Crippen molar-refractivity contribution in [1.29, 1.82) is 0 Å². The molecule has 2 saturated heterocycles. The Bertz CT molecular complexity index is 730. The van der Waals surface area contributed by atoms with Crippen LogP contribution in [-0.2, 0) is 19.6 Å². The minimum atomic E-state index is -3.58. The molecule has 7 heteroatoms. The zero-order chi connectivity index (χ0) is 18.2. The zero-order valence-electron chi connectivity index (χ0n) is 15.0. The Morgan fingerprint density at radius 2 is 1.88 bits per heavy atom. The molecule has 0 N–H and O–H groups in total. The Balaban J connectivity index is 1.81. The zero-order valence-corrected chi connectivity index (χ0v) is 15.8. The Morgan fingerprint density at radius 1 is 1.20 bits per heavy atom. The van der Waals surface area contributed by atoms with Gasteiger partial charge in [-0.05, 0) is 30.0 Å². The Morgan fingerprint density at radius 3 is 2.48 bits per heavy atom. The van der Waals surface area contributed by atoms with Gasteiger partial charge in [0.25, 0.3) is 0 Å². The number of nitrogens with zero attached hydrogens (tertiary/aromatic N) is 2. The molecule has 2 aliphatic rings. The SMILES string of the molecule is COCCN1C(=O)C[C@@H]2[C@@H]1CCN2S(=O)(=O)c1ccc(C(C)C)cc1. The number of carbonyl (C=O) groups excluding carboxylic acids is 1. The maximum atomic E-state index is 13.1. The van der Waals surface area contributed by atoms with Gasteiger partial charge in [0, 0.05) is 26.6 Å². The van der Waals surface area contributed by atoms with Crippen molar-refractivity contribution in [2.75, 3.05) is 26.8 Å². The maximum Gasteiger partial charge on any atom is 0.243 e. The summed E-state index contributed by atoms with van der Waals surface area (Å²) in [6.45, 7) is 5.60. The number of methoxy groups -OCH3 is 1. The molecule has 1 aromatic rings. The molecule has 0 aromatic heterocycles. The van der Waals surface area contributed by atoms with Crippen LogP contribution in [0.1, 0.15) is 38.2 Å². The van der Waals surface area contributed by atoms with Crippen LogP contribution >= 0.6 is 0 Å². The van der Waals surface area contributed by atoms with E-state index in [9.17, 15) is 13.2 Å². The quantitative estimate of drug-likeness (QED) is 0.770. The largest absolute Gasteiger partial charge is 0.383 e. The van der Waals surface area contributed by atoms with Crippen LogP contribution in [0.3, 0.4) is 0 Å². The van der Waals surface area contributed by atoms with E-state index in [0.717, 1.165) is 5.56 Å². The molecule has 6 nitrogen and oxygen atoms in total. The van der Waals surface area contributed by atoms with Crippen molar-refractivity contribution >= 4 is 15.9 Å². The van der Waals surface area contributed by atoms with E-state index in [1.807, 2.05) is 12.1 Å². The third-order valence-electron chi connectivity index (χ3n) is 5.25. The summed E-state index contributed by atoms with van der Waals surface area (Å²) in [6, 6.07) is 6.80. The fourth-order valence-electron chi connectivity index (χ4n) is 3.83. The van der Waals surface area contributed by atoms with Crippen LogP contribution in [0.25, 0.3) is 0 Å². The third kappa shape index (κ3) is 3.32. The lowest BCUT2D eigenvalue weighted by Gasteiger charge is -2.25. The molecule has 2 fully saturated rings. The van der Waals surface area contributed by atoms with Crippen LogP contribution in [0.5, 0.6) is 0 Å². The fourth-order valence-corrected chi connectivity index (χ4v) is 5.50. The van der Waals surface area contributed by atoms with E-state index < -0.39 is 10.0 Å². The number of benzene rings is 1. The first-order valence-corrected chi connectivity index (χ1v) is 10.2. The molecule has 1 aromatic carbocycles. The van der Waals surface area contributed by atoms with Crippen molar-refractivity contribution < 1.29 is 17.9 Å². The van der Waals surface area contributed by atoms with Crippen LogP contribution in [-0.4, -0.2) is 62.4 Å². The Kier molecular flexibility index (Phi) is 5.18. The summed E-state index contributed by atoms with van der Waals surface area (Å²) >= 11 is 0. The minimum absolute atomic E-state index is 0.0158. The second-order valence-corrected chi connectivity index (χ2v) is 8.94. The first kappa shape index (κ1) is 18.4. The van der Waals surface area contributed by atoms with Crippen molar-refractivity contribution in [3.8, 4) is 0 Å². The van der Waals surface area contributed by atoms with Gasteiger partial charge in [-0.15, -0.1) is 0 Å². The smallest absolute Gasteiger partial charge is 0.243 e. The van der Waals surface area contributed by atoms with E-state index in [2.05, 4.69) is 13.8 Å². The van der Waals surface area contributed by atoms with Gasteiger partial charge in [0.1, 0.15) is 0 Å². The van der Waals surface area contributed by atoms with Gasteiger partial charge in [-0.2, -0.15) is 4.31 Å². The fraction of sp³-hybridized carbons (Fsp3) is 0.611. The number of fused-ring (bicyclic) bond motifs is 1.